The first-order valence-electron chi connectivity index (χ1n) is 10.4. The number of anilines is 1. The fraction of sp³-hybridized carbons (Fsp3) is 0.240. The molecule has 3 aromatic rings. The Bertz CT molecular complexity index is 1140. The number of carbonyl (C=O) groups is 1. The quantitative estimate of drug-likeness (QED) is 0.539. The van der Waals surface area contributed by atoms with Crippen LogP contribution in [0.25, 0.3) is 0 Å². The molecule has 0 unspecified atom stereocenters. The van der Waals surface area contributed by atoms with E-state index in [-0.39, 0.29) is 17.3 Å². The maximum Gasteiger partial charge on any atom is 0.264 e. The highest BCUT2D eigenvalue weighted by Gasteiger charge is 2.28. The van der Waals surface area contributed by atoms with E-state index in [1.807, 2.05) is 56.3 Å². The van der Waals surface area contributed by atoms with Crippen molar-refractivity contribution in [2.75, 3.05) is 31.5 Å². The van der Waals surface area contributed by atoms with Crippen molar-refractivity contribution < 1.29 is 13.2 Å². The first kappa shape index (κ1) is 23.5. The third-order valence-corrected chi connectivity index (χ3v) is 6.81. The highest BCUT2D eigenvalue weighted by molar-refractivity contribution is 7.92. The van der Waals surface area contributed by atoms with Crippen LogP contribution in [-0.4, -0.2) is 46.4 Å². The summed E-state index contributed by atoms with van der Waals surface area (Å²) in [5, 5.41) is 2.89. The molecule has 0 aliphatic rings. The van der Waals surface area contributed by atoms with Crippen LogP contribution < -0.4 is 9.62 Å². The summed E-state index contributed by atoms with van der Waals surface area (Å²) in [5.74, 6) is -0.306. The van der Waals surface area contributed by atoms with Gasteiger partial charge >= 0.3 is 0 Å². The van der Waals surface area contributed by atoms with Gasteiger partial charge in [-0.2, -0.15) is 0 Å². The van der Waals surface area contributed by atoms with E-state index in [0.29, 0.717) is 24.3 Å². The van der Waals surface area contributed by atoms with E-state index in [1.165, 1.54) is 4.31 Å². The van der Waals surface area contributed by atoms with Gasteiger partial charge in [0, 0.05) is 13.1 Å². The van der Waals surface area contributed by atoms with Crippen LogP contribution in [0.4, 0.5) is 5.69 Å². The maximum atomic E-state index is 13.7. The Morgan fingerprint density at radius 3 is 2.16 bits per heavy atom. The molecule has 32 heavy (non-hydrogen) atoms. The van der Waals surface area contributed by atoms with E-state index in [2.05, 4.69) is 5.32 Å². The number of benzene rings is 3. The van der Waals surface area contributed by atoms with Gasteiger partial charge in [-0.15, -0.1) is 0 Å². The molecule has 0 saturated carbocycles. The lowest BCUT2D eigenvalue weighted by molar-refractivity contribution is 0.0951. The van der Waals surface area contributed by atoms with Gasteiger partial charge in [0.15, 0.2) is 0 Å². The molecule has 0 aliphatic carbocycles. The van der Waals surface area contributed by atoms with Crippen LogP contribution in [0.2, 0.25) is 0 Å². The number of sulfonamides is 1. The highest BCUT2D eigenvalue weighted by atomic mass is 32.2. The molecule has 3 rings (SSSR count). The summed E-state index contributed by atoms with van der Waals surface area (Å²) in [7, 11) is -0.0611. The minimum absolute atomic E-state index is 0.110. The third kappa shape index (κ3) is 5.75. The van der Waals surface area contributed by atoms with Gasteiger partial charge in [0.05, 0.1) is 22.7 Å². The molecule has 1 amide bonds. The van der Waals surface area contributed by atoms with E-state index in [9.17, 15) is 13.2 Å². The van der Waals surface area contributed by atoms with Crippen LogP contribution in [0, 0.1) is 6.92 Å². The van der Waals surface area contributed by atoms with Crippen molar-refractivity contribution in [1.82, 2.24) is 10.2 Å². The molecule has 0 saturated heterocycles. The van der Waals surface area contributed by atoms with Crippen molar-refractivity contribution in [3.63, 3.8) is 0 Å². The Hall–Kier alpha value is -3.16. The number of likely N-dealkylation sites (N-methyl/N-ethyl adjacent to an activating group) is 1. The van der Waals surface area contributed by atoms with Crippen molar-refractivity contribution >= 4 is 21.6 Å². The van der Waals surface area contributed by atoms with Gasteiger partial charge in [0.2, 0.25) is 0 Å². The summed E-state index contributed by atoms with van der Waals surface area (Å²) in [6, 6.07) is 22.9. The van der Waals surface area contributed by atoms with Crippen LogP contribution in [0.1, 0.15) is 21.5 Å². The zero-order valence-electron chi connectivity index (χ0n) is 18.7. The van der Waals surface area contributed by atoms with Gasteiger partial charge in [-0.05, 0) is 50.8 Å². The Morgan fingerprint density at radius 1 is 0.875 bits per heavy atom. The summed E-state index contributed by atoms with van der Waals surface area (Å²) in [5.41, 5.74) is 2.46. The number of carbonyl (C=O) groups excluding carboxylic acids is 1. The molecule has 168 valence electrons. The molecule has 0 fully saturated rings. The summed E-state index contributed by atoms with van der Waals surface area (Å²) in [6.07, 6.45) is 0. The largest absolute Gasteiger partial charge is 0.351 e. The topological polar surface area (TPSA) is 69.7 Å². The van der Waals surface area contributed by atoms with Crippen molar-refractivity contribution in [2.24, 2.45) is 0 Å². The molecule has 3 aromatic carbocycles. The summed E-state index contributed by atoms with van der Waals surface area (Å²) < 4.78 is 28.7. The molecular weight excluding hydrogens is 422 g/mol. The summed E-state index contributed by atoms with van der Waals surface area (Å²) >= 11 is 0. The van der Waals surface area contributed by atoms with E-state index in [4.69, 9.17) is 0 Å². The SMILES string of the molecule is Cc1ccc(S(=O)(=O)N(Cc2ccccc2)c2ccccc2C(=O)NCCN(C)C)cc1. The molecule has 0 aromatic heterocycles. The molecular formula is C25H29N3O3S. The van der Waals surface area contributed by atoms with Gasteiger partial charge in [-0.3, -0.25) is 9.10 Å². The maximum absolute atomic E-state index is 13.7. The monoisotopic (exact) mass is 451 g/mol. The highest BCUT2D eigenvalue weighted by Crippen LogP contribution is 2.29. The van der Waals surface area contributed by atoms with Gasteiger partial charge in [0.1, 0.15) is 0 Å². The second kappa shape index (κ2) is 10.4. The number of hydrogen-bond acceptors (Lipinski definition) is 4. The predicted molar refractivity (Wildman–Crippen MR) is 128 cm³/mol. The van der Waals surface area contributed by atoms with Crippen molar-refractivity contribution in [1.29, 1.82) is 0 Å². The van der Waals surface area contributed by atoms with Crippen molar-refractivity contribution in [3.8, 4) is 0 Å². The molecule has 0 bridgehead atoms. The number of para-hydroxylation sites is 1. The Labute approximate surface area is 190 Å². The Balaban J connectivity index is 2.04. The molecule has 0 atom stereocenters. The molecule has 0 spiro atoms. The van der Waals surface area contributed by atoms with Gasteiger partial charge in [0.25, 0.3) is 15.9 Å². The molecule has 6 nitrogen and oxygen atoms in total. The van der Waals surface area contributed by atoms with Gasteiger partial charge < -0.3 is 10.2 Å². The van der Waals surface area contributed by atoms with E-state index in [1.54, 1.807) is 48.5 Å². The normalized spacial score (nSPS) is 11.4. The molecule has 0 radical (unpaired) electrons. The average Bonchev–Trinajstić information content (AvgIpc) is 2.78. The van der Waals surface area contributed by atoms with Crippen molar-refractivity contribution in [2.45, 2.75) is 18.4 Å². The van der Waals surface area contributed by atoms with E-state index >= 15 is 0 Å². The second-order valence-corrected chi connectivity index (χ2v) is 9.75. The fourth-order valence-corrected chi connectivity index (χ4v) is 4.73. The lowest BCUT2D eigenvalue weighted by atomic mass is 10.1. The number of hydrogen-bond donors (Lipinski definition) is 1. The minimum Gasteiger partial charge on any atom is -0.351 e. The van der Waals surface area contributed by atoms with Crippen LogP contribution in [0.5, 0.6) is 0 Å². The number of nitrogens with one attached hydrogen (secondary N) is 1. The van der Waals surface area contributed by atoms with Crippen LogP contribution in [0.15, 0.2) is 83.8 Å². The smallest absolute Gasteiger partial charge is 0.264 e. The fourth-order valence-electron chi connectivity index (χ4n) is 3.26. The first-order chi connectivity index (χ1) is 15.3. The van der Waals surface area contributed by atoms with Crippen LogP contribution >= 0.6 is 0 Å². The minimum atomic E-state index is -3.91. The zero-order chi connectivity index (χ0) is 23.1. The van der Waals surface area contributed by atoms with Crippen LogP contribution in [-0.2, 0) is 16.6 Å². The lowest BCUT2D eigenvalue weighted by Crippen LogP contribution is -2.35. The standard InChI is InChI=1S/C25H29N3O3S/c1-20-13-15-22(16-14-20)32(30,31)28(19-21-9-5-4-6-10-21)24-12-8-7-11-23(24)25(29)26-17-18-27(2)3/h4-16H,17-19H2,1-3H3,(H,26,29). The second-order valence-electron chi connectivity index (χ2n) is 7.89. The van der Waals surface area contributed by atoms with Crippen LogP contribution in [0.3, 0.4) is 0 Å². The third-order valence-electron chi connectivity index (χ3n) is 5.04. The number of rotatable bonds is 9. The molecule has 1 N–H and O–H groups in total. The van der Waals surface area contributed by atoms with Gasteiger partial charge in [-0.1, -0.05) is 60.2 Å². The lowest BCUT2D eigenvalue weighted by Gasteiger charge is -2.27. The Morgan fingerprint density at radius 2 is 1.50 bits per heavy atom. The van der Waals surface area contributed by atoms with Crippen molar-refractivity contribution in [3.05, 3.63) is 95.6 Å². The number of nitrogens with zero attached hydrogens (tertiary/aromatic N) is 2. The zero-order valence-corrected chi connectivity index (χ0v) is 19.5. The summed E-state index contributed by atoms with van der Waals surface area (Å²) in [6.45, 7) is 3.16. The molecule has 0 heterocycles. The predicted octanol–water partition coefficient (Wildman–Crippen LogP) is 3.68. The average molecular weight is 452 g/mol. The van der Waals surface area contributed by atoms with E-state index < -0.39 is 10.0 Å². The molecule has 7 heteroatoms. The van der Waals surface area contributed by atoms with E-state index in [0.717, 1.165) is 11.1 Å². The number of aryl methyl sites for hydroxylation is 1. The first-order valence-corrected chi connectivity index (χ1v) is 11.9. The molecule has 0 aliphatic heterocycles. The Kier molecular flexibility index (Phi) is 7.66. The number of amides is 1. The summed E-state index contributed by atoms with van der Waals surface area (Å²) in [4.78, 5) is 15.1. The van der Waals surface area contributed by atoms with Gasteiger partial charge in [-0.25, -0.2) is 8.42 Å².